The Labute approximate surface area is 153 Å². The van der Waals surface area contributed by atoms with E-state index in [2.05, 4.69) is 10.5 Å². The van der Waals surface area contributed by atoms with Crippen LogP contribution in [0.5, 0.6) is 5.75 Å². The molecule has 1 N–H and O–H groups in total. The second kappa shape index (κ2) is 8.33. The van der Waals surface area contributed by atoms with E-state index in [0.29, 0.717) is 17.9 Å². The van der Waals surface area contributed by atoms with E-state index < -0.39 is 15.9 Å². The van der Waals surface area contributed by atoms with Crippen molar-refractivity contribution < 1.29 is 22.5 Å². The molecule has 0 fully saturated rings. The van der Waals surface area contributed by atoms with Crippen LogP contribution in [0.4, 0.5) is 5.82 Å². The topological polar surface area (TPSA) is 102 Å². The molecule has 1 unspecified atom stereocenters. The molecule has 1 atom stereocenters. The molecule has 9 heteroatoms. The van der Waals surface area contributed by atoms with Crippen molar-refractivity contribution in [3.63, 3.8) is 0 Å². The van der Waals surface area contributed by atoms with Crippen LogP contribution in [0, 0.1) is 6.92 Å². The van der Waals surface area contributed by atoms with Crippen molar-refractivity contribution in [2.45, 2.75) is 38.1 Å². The van der Waals surface area contributed by atoms with E-state index in [1.807, 2.05) is 6.92 Å². The first-order valence-corrected chi connectivity index (χ1v) is 9.61. The average Bonchev–Trinajstić information content (AvgIpc) is 3.03. The lowest BCUT2D eigenvalue weighted by molar-refractivity contribution is -0.116. The summed E-state index contributed by atoms with van der Waals surface area (Å²) in [7, 11) is -2.34. The Hall–Kier alpha value is -2.39. The minimum atomic E-state index is -3.85. The summed E-state index contributed by atoms with van der Waals surface area (Å²) in [5.74, 6) is 0.859. The molecule has 0 bridgehead atoms. The summed E-state index contributed by atoms with van der Waals surface area (Å²) in [5, 5.41) is 6.22. The van der Waals surface area contributed by atoms with Gasteiger partial charge in [-0.25, -0.2) is 8.42 Å². The molecule has 1 aromatic carbocycles. The summed E-state index contributed by atoms with van der Waals surface area (Å²) >= 11 is 0. The van der Waals surface area contributed by atoms with Crippen LogP contribution in [0.2, 0.25) is 0 Å². The number of aryl methyl sites for hydroxylation is 1. The van der Waals surface area contributed by atoms with Crippen molar-refractivity contribution in [2.75, 3.05) is 19.0 Å². The van der Waals surface area contributed by atoms with Crippen LogP contribution in [-0.4, -0.2) is 43.5 Å². The lowest BCUT2D eigenvalue weighted by atomic mass is 10.2. The van der Waals surface area contributed by atoms with Crippen LogP contribution < -0.4 is 10.1 Å². The minimum absolute atomic E-state index is 0.101. The van der Waals surface area contributed by atoms with Crippen molar-refractivity contribution in [2.24, 2.45) is 0 Å². The maximum atomic E-state index is 13.0. The lowest BCUT2D eigenvalue weighted by Crippen LogP contribution is -2.43. The zero-order valence-corrected chi connectivity index (χ0v) is 16.0. The van der Waals surface area contributed by atoms with Gasteiger partial charge < -0.3 is 14.6 Å². The number of hydrogen-bond acceptors (Lipinski definition) is 6. The Morgan fingerprint density at radius 1 is 1.35 bits per heavy atom. The van der Waals surface area contributed by atoms with E-state index in [4.69, 9.17) is 9.26 Å². The van der Waals surface area contributed by atoms with Gasteiger partial charge in [-0.15, -0.1) is 0 Å². The van der Waals surface area contributed by atoms with Crippen LogP contribution in [0.25, 0.3) is 0 Å². The zero-order chi connectivity index (χ0) is 19.3. The van der Waals surface area contributed by atoms with E-state index in [1.165, 1.54) is 23.5 Å². The Morgan fingerprint density at radius 2 is 2.00 bits per heavy atom. The molecule has 0 spiro atoms. The summed E-state index contributed by atoms with van der Waals surface area (Å²) in [6, 6.07) is 7.26. The van der Waals surface area contributed by atoms with E-state index >= 15 is 0 Å². The number of nitrogens with zero attached hydrogens (tertiary/aromatic N) is 2. The number of carbonyl (C=O) groups excluding carboxylic acids is 1. The summed E-state index contributed by atoms with van der Waals surface area (Å²) in [6.07, 6.45) is 0.561. The standard InChI is InChI=1S/C17H23N3O5S/c1-5-12(2)20(11-17(21)18-16-10-13(3)25-19-16)26(22,23)15-8-6-14(24-4)7-9-15/h6-10,12H,5,11H2,1-4H3,(H,18,19,21). The Morgan fingerprint density at radius 3 is 2.50 bits per heavy atom. The highest BCUT2D eigenvalue weighted by Crippen LogP contribution is 2.22. The maximum Gasteiger partial charge on any atom is 0.243 e. The highest BCUT2D eigenvalue weighted by atomic mass is 32.2. The van der Waals surface area contributed by atoms with Crippen molar-refractivity contribution in [3.05, 3.63) is 36.1 Å². The van der Waals surface area contributed by atoms with Gasteiger partial charge in [0.2, 0.25) is 15.9 Å². The molecule has 1 aromatic heterocycles. The first kappa shape index (κ1) is 19.9. The fourth-order valence-electron chi connectivity index (χ4n) is 2.31. The molecule has 0 aliphatic rings. The number of rotatable bonds is 8. The van der Waals surface area contributed by atoms with Crippen molar-refractivity contribution in [1.82, 2.24) is 9.46 Å². The number of hydrogen-bond donors (Lipinski definition) is 1. The number of carbonyl (C=O) groups is 1. The Balaban J connectivity index is 2.23. The predicted octanol–water partition coefficient (Wildman–Crippen LogP) is 2.42. The summed E-state index contributed by atoms with van der Waals surface area (Å²) in [6.45, 7) is 4.99. The molecule has 142 valence electrons. The SMILES string of the molecule is CCC(C)N(CC(=O)Nc1cc(C)on1)S(=O)(=O)c1ccc(OC)cc1. The molecule has 26 heavy (non-hydrogen) atoms. The number of amides is 1. The number of methoxy groups -OCH3 is 1. The van der Waals surface area contributed by atoms with Gasteiger partial charge in [0, 0.05) is 12.1 Å². The molecule has 1 heterocycles. The van der Waals surface area contributed by atoms with Gasteiger partial charge in [-0.3, -0.25) is 4.79 Å². The normalized spacial score (nSPS) is 12.8. The van der Waals surface area contributed by atoms with Gasteiger partial charge in [0.1, 0.15) is 11.5 Å². The molecule has 2 rings (SSSR count). The second-order valence-corrected chi connectivity index (χ2v) is 7.74. The van der Waals surface area contributed by atoms with E-state index in [9.17, 15) is 13.2 Å². The van der Waals surface area contributed by atoms with Crippen molar-refractivity contribution in [1.29, 1.82) is 0 Å². The Bertz CT molecular complexity index is 846. The van der Waals surface area contributed by atoms with E-state index in [1.54, 1.807) is 32.0 Å². The summed E-state index contributed by atoms with van der Waals surface area (Å²) in [4.78, 5) is 12.4. The third kappa shape index (κ3) is 4.61. The van der Waals surface area contributed by atoms with Gasteiger partial charge in [0.25, 0.3) is 0 Å². The van der Waals surface area contributed by atoms with Crippen LogP contribution in [0.3, 0.4) is 0 Å². The first-order chi connectivity index (χ1) is 12.3. The zero-order valence-electron chi connectivity index (χ0n) is 15.2. The summed E-state index contributed by atoms with van der Waals surface area (Å²) < 4.78 is 37.1. The third-order valence-corrected chi connectivity index (χ3v) is 5.92. The molecule has 0 radical (unpaired) electrons. The molecule has 1 amide bonds. The second-order valence-electron chi connectivity index (χ2n) is 5.85. The van der Waals surface area contributed by atoms with Crippen molar-refractivity contribution >= 4 is 21.7 Å². The van der Waals surface area contributed by atoms with Crippen LogP contribution in [-0.2, 0) is 14.8 Å². The van der Waals surface area contributed by atoms with Gasteiger partial charge >= 0.3 is 0 Å². The number of ether oxygens (including phenoxy) is 1. The fourth-order valence-corrected chi connectivity index (χ4v) is 3.97. The number of sulfonamides is 1. The quantitative estimate of drug-likeness (QED) is 0.753. The molecule has 0 saturated carbocycles. The molecular formula is C17H23N3O5S. The third-order valence-electron chi connectivity index (χ3n) is 3.94. The average molecular weight is 381 g/mol. The van der Waals surface area contributed by atoms with E-state index in [0.717, 1.165) is 0 Å². The largest absolute Gasteiger partial charge is 0.497 e. The first-order valence-electron chi connectivity index (χ1n) is 8.17. The fraction of sp³-hybridized carbons (Fsp3) is 0.412. The summed E-state index contributed by atoms with van der Waals surface area (Å²) in [5.41, 5.74) is 0. The molecular weight excluding hydrogens is 358 g/mol. The van der Waals surface area contributed by atoms with Gasteiger partial charge in [0.05, 0.1) is 18.6 Å². The minimum Gasteiger partial charge on any atom is -0.497 e. The van der Waals surface area contributed by atoms with Gasteiger partial charge in [-0.2, -0.15) is 4.31 Å². The van der Waals surface area contributed by atoms with Crippen molar-refractivity contribution in [3.8, 4) is 5.75 Å². The molecule has 0 saturated heterocycles. The van der Waals surface area contributed by atoms with Crippen LogP contribution in [0.1, 0.15) is 26.0 Å². The highest BCUT2D eigenvalue weighted by Gasteiger charge is 2.30. The smallest absolute Gasteiger partial charge is 0.243 e. The molecule has 0 aliphatic carbocycles. The lowest BCUT2D eigenvalue weighted by Gasteiger charge is -2.27. The number of benzene rings is 1. The number of aromatic nitrogens is 1. The van der Waals surface area contributed by atoms with Gasteiger partial charge in [-0.05, 0) is 44.5 Å². The van der Waals surface area contributed by atoms with Crippen LogP contribution >= 0.6 is 0 Å². The monoisotopic (exact) mass is 381 g/mol. The molecule has 0 aliphatic heterocycles. The highest BCUT2D eigenvalue weighted by molar-refractivity contribution is 7.89. The van der Waals surface area contributed by atoms with Gasteiger partial charge in [-0.1, -0.05) is 12.1 Å². The molecule has 2 aromatic rings. The number of nitrogens with one attached hydrogen (secondary N) is 1. The van der Waals surface area contributed by atoms with E-state index in [-0.39, 0.29) is 23.3 Å². The maximum absolute atomic E-state index is 13.0. The number of anilines is 1. The predicted molar refractivity (Wildman–Crippen MR) is 96.5 cm³/mol. The Kier molecular flexibility index (Phi) is 6.38. The van der Waals surface area contributed by atoms with Gasteiger partial charge in [0.15, 0.2) is 5.82 Å². The molecule has 8 nitrogen and oxygen atoms in total. The van der Waals surface area contributed by atoms with Crippen LogP contribution in [0.15, 0.2) is 39.8 Å².